The normalized spacial score (nSPS) is 21.8. The van der Waals surface area contributed by atoms with Gasteiger partial charge in [-0.2, -0.15) is 0 Å². The molecule has 1 aromatic carbocycles. The van der Waals surface area contributed by atoms with Crippen molar-refractivity contribution in [2.24, 2.45) is 5.92 Å². The van der Waals surface area contributed by atoms with Crippen molar-refractivity contribution in [1.82, 2.24) is 10.3 Å². The maximum atomic E-state index is 12.4. The Kier molecular flexibility index (Phi) is 4.48. The molecule has 21 heavy (non-hydrogen) atoms. The summed E-state index contributed by atoms with van der Waals surface area (Å²) in [5.74, 6) is -0.112. The third-order valence-electron chi connectivity index (χ3n) is 3.67. The number of hydrogen-bond donors (Lipinski definition) is 2. The molecule has 2 atom stereocenters. The van der Waals surface area contributed by atoms with Crippen LogP contribution in [-0.4, -0.2) is 36.7 Å². The second-order valence-electron chi connectivity index (χ2n) is 5.23. The zero-order valence-electron chi connectivity index (χ0n) is 12.0. The van der Waals surface area contributed by atoms with Gasteiger partial charge >= 0.3 is 0 Å². The van der Waals surface area contributed by atoms with Crippen LogP contribution in [0.5, 0.6) is 0 Å². The highest BCUT2D eigenvalue weighted by Gasteiger charge is 2.33. The predicted octanol–water partition coefficient (Wildman–Crippen LogP) is 2.25. The molecule has 3 rings (SSSR count). The monoisotopic (exact) mass is 305 g/mol. The van der Waals surface area contributed by atoms with Gasteiger partial charge in [-0.1, -0.05) is 6.92 Å². The van der Waals surface area contributed by atoms with Crippen LogP contribution in [0, 0.1) is 5.92 Å². The molecule has 1 aromatic heterocycles. The third-order valence-corrected chi connectivity index (χ3v) is 4.46. The number of ether oxygens (including phenoxy) is 1. The maximum Gasteiger partial charge on any atom is 0.231 e. The van der Waals surface area contributed by atoms with Crippen LogP contribution in [-0.2, 0) is 9.53 Å². The number of aromatic nitrogens is 1. The topological polar surface area (TPSA) is 63.2 Å². The van der Waals surface area contributed by atoms with Crippen molar-refractivity contribution in [2.45, 2.75) is 19.4 Å². The smallest absolute Gasteiger partial charge is 0.231 e. The molecule has 112 valence electrons. The van der Waals surface area contributed by atoms with E-state index in [0.29, 0.717) is 13.2 Å². The molecule has 0 bridgehead atoms. The average Bonchev–Trinajstić information content (AvgIpc) is 3.13. The van der Waals surface area contributed by atoms with Gasteiger partial charge in [0.05, 0.1) is 34.9 Å². The fourth-order valence-electron chi connectivity index (χ4n) is 2.51. The van der Waals surface area contributed by atoms with E-state index in [0.717, 1.165) is 28.9 Å². The van der Waals surface area contributed by atoms with Crippen molar-refractivity contribution >= 4 is 33.1 Å². The summed E-state index contributed by atoms with van der Waals surface area (Å²) < 4.78 is 6.53. The number of nitrogens with one attached hydrogen (secondary N) is 2. The van der Waals surface area contributed by atoms with Gasteiger partial charge in [-0.3, -0.25) is 4.79 Å². The van der Waals surface area contributed by atoms with Crippen LogP contribution >= 0.6 is 11.3 Å². The molecule has 2 aromatic rings. The zero-order valence-corrected chi connectivity index (χ0v) is 12.8. The summed E-state index contributed by atoms with van der Waals surface area (Å²) in [7, 11) is 0. The van der Waals surface area contributed by atoms with Gasteiger partial charge in [0, 0.05) is 11.7 Å². The number of benzene rings is 1. The molecule has 0 spiro atoms. The largest absolute Gasteiger partial charge is 0.379 e. The molecular formula is C15H19N3O2S. The van der Waals surface area contributed by atoms with Gasteiger partial charge in [-0.05, 0) is 31.2 Å². The fourth-order valence-corrected chi connectivity index (χ4v) is 3.23. The number of rotatable bonds is 5. The first kappa shape index (κ1) is 14.4. The summed E-state index contributed by atoms with van der Waals surface area (Å²) in [6, 6.07) is 5.90. The molecule has 2 N–H and O–H groups in total. The zero-order chi connectivity index (χ0) is 14.7. The molecule has 0 radical (unpaired) electrons. The SMILES string of the molecule is CCCNC1COCC1C(=O)Nc1ccc2ncsc2c1. The molecule has 0 saturated carbocycles. The van der Waals surface area contributed by atoms with Crippen LogP contribution in [0.25, 0.3) is 10.2 Å². The van der Waals surface area contributed by atoms with Crippen molar-refractivity contribution in [2.75, 3.05) is 25.1 Å². The maximum absolute atomic E-state index is 12.4. The minimum Gasteiger partial charge on any atom is -0.379 e. The van der Waals surface area contributed by atoms with Crippen molar-refractivity contribution in [3.8, 4) is 0 Å². The first-order valence-corrected chi connectivity index (χ1v) is 8.11. The average molecular weight is 305 g/mol. The van der Waals surface area contributed by atoms with Crippen LogP contribution in [0.1, 0.15) is 13.3 Å². The van der Waals surface area contributed by atoms with E-state index in [-0.39, 0.29) is 17.9 Å². The Labute approximate surface area is 127 Å². The Morgan fingerprint density at radius 1 is 1.48 bits per heavy atom. The van der Waals surface area contributed by atoms with Gasteiger partial charge in [0.2, 0.25) is 5.91 Å². The number of hydrogen-bond acceptors (Lipinski definition) is 5. The number of amides is 1. The van der Waals surface area contributed by atoms with Crippen LogP contribution < -0.4 is 10.6 Å². The third kappa shape index (κ3) is 3.23. The Morgan fingerprint density at radius 2 is 2.38 bits per heavy atom. The summed E-state index contributed by atoms with van der Waals surface area (Å²) in [5.41, 5.74) is 3.59. The highest BCUT2D eigenvalue weighted by atomic mass is 32.1. The molecule has 1 aliphatic heterocycles. The summed E-state index contributed by atoms with van der Waals surface area (Å²) in [6.07, 6.45) is 1.05. The summed E-state index contributed by atoms with van der Waals surface area (Å²) in [4.78, 5) is 16.7. The lowest BCUT2D eigenvalue weighted by Crippen LogP contribution is -2.41. The standard InChI is InChI=1S/C15H19N3O2S/c1-2-5-16-13-8-20-7-11(13)15(19)18-10-3-4-12-14(6-10)21-9-17-12/h3-4,6,9,11,13,16H,2,5,7-8H2,1H3,(H,18,19). The molecule has 5 nitrogen and oxygen atoms in total. The highest BCUT2D eigenvalue weighted by Crippen LogP contribution is 2.23. The van der Waals surface area contributed by atoms with Gasteiger partial charge in [0.15, 0.2) is 0 Å². The Balaban J connectivity index is 1.67. The second kappa shape index (κ2) is 6.51. The summed E-state index contributed by atoms with van der Waals surface area (Å²) >= 11 is 1.57. The minimum atomic E-state index is -0.131. The highest BCUT2D eigenvalue weighted by molar-refractivity contribution is 7.16. The van der Waals surface area contributed by atoms with E-state index in [1.165, 1.54) is 0 Å². The fraction of sp³-hybridized carbons (Fsp3) is 0.467. The molecule has 1 amide bonds. The lowest BCUT2D eigenvalue weighted by Gasteiger charge is -2.18. The van der Waals surface area contributed by atoms with E-state index < -0.39 is 0 Å². The van der Waals surface area contributed by atoms with Gasteiger partial charge in [-0.25, -0.2) is 4.98 Å². The summed E-state index contributed by atoms with van der Waals surface area (Å²) in [5, 5.41) is 6.37. The summed E-state index contributed by atoms with van der Waals surface area (Å²) in [6.45, 7) is 4.11. The number of anilines is 1. The second-order valence-corrected chi connectivity index (χ2v) is 6.12. The van der Waals surface area contributed by atoms with Gasteiger partial charge in [0.1, 0.15) is 0 Å². The van der Waals surface area contributed by atoms with Crippen molar-refractivity contribution < 1.29 is 9.53 Å². The first-order valence-electron chi connectivity index (χ1n) is 7.23. The molecular weight excluding hydrogens is 286 g/mol. The van der Waals surface area contributed by atoms with E-state index >= 15 is 0 Å². The Bertz CT molecular complexity index is 628. The van der Waals surface area contributed by atoms with E-state index in [9.17, 15) is 4.79 Å². The quantitative estimate of drug-likeness (QED) is 0.889. The molecule has 2 unspecified atom stereocenters. The van der Waals surface area contributed by atoms with Gasteiger partial charge in [0.25, 0.3) is 0 Å². The van der Waals surface area contributed by atoms with E-state index in [1.54, 1.807) is 11.3 Å². The molecule has 2 heterocycles. The molecule has 1 saturated heterocycles. The van der Waals surface area contributed by atoms with Gasteiger partial charge in [-0.15, -0.1) is 11.3 Å². The van der Waals surface area contributed by atoms with E-state index in [4.69, 9.17) is 4.74 Å². The van der Waals surface area contributed by atoms with Crippen molar-refractivity contribution in [1.29, 1.82) is 0 Å². The van der Waals surface area contributed by atoms with E-state index in [1.807, 2.05) is 23.7 Å². The van der Waals surface area contributed by atoms with Crippen molar-refractivity contribution in [3.05, 3.63) is 23.7 Å². The van der Waals surface area contributed by atoms with Crippen LogP contribution in [0.15, 0.2) is 23.7 Å². The lowest BCUT2D eigenvalue weighted by molar-refractivity contribution is -0.120. The molecule has 0 aliphatic carbocycles. The lowest BCUT2D eigenvalue weighted by atomic mass is 10.0. The molecule has 6 heteroatoms. The van der Waals surface area contributed by atoms with Crippen LogP contribution in [0.2, 0.25) is 0 Å². The van der Waals surface area contributed by atoms with Crippen LogP contribution in [0.3, 0.4) is 0 Å². The molecule has 1 aliphatic rings. The minimum absolute atomic E-state index is 0.0185. The number of carbonyl (C=O) groups excluding carboxylic acids is 1. The van der Waals surface area contributed by atoms with Gasteiger partial charge < -0.3 is 15.4 Å². The number of thiazole rings is 1. The molecule has 1 fully saturated rings. The Morgan fingerprint density at radius 3 is 3.24 bits per heavy atom. The predicted molar refractivity (Wildman–Crippen MR) is 84.6 cm³/mol. The first-order chi connectivity index (χ1) is 10.3. The van der Waals surface area contributed by atoms with Crippen LogP contribution in [0.4, 0.5) is 5.69 Å². The number of carbonyl (C=O) groups is 1. The number of nitrogens with zero attached hydrogens (tertiary/aromatic N) is 1. The Hall–Kier alpha value is -1.50. The van der Waals surface area contributed by atoms with Crippen molar-refractivity contribution in [3.63, 3.8) is 0 Å². The number of fused-ring (bicyclic) bond motifs is 1. The van der Waals surface area contributed by atoms with E-state index in [2.05, 4.69) is 22.5 Å².